The van der Waals surface area contributed by atoms with Gasteiger partial charge in [0, 0.05) is 11.4 Å². The van der Waals surface area contributed by atoms with Crippen molar-refractivity contribution in [2.75, 3.05) is 12.8 Å². The van der Waals surface area contributed by atoms with E-state index < -0.39 is 25.1 Å². The van der Waals surface area contributed by atoms with Gasteiger partial charge >= 0.3 is 0 Å². The normalized spacial score (nSPS) is 13.9. The SMILES string of the molecule is Cc1ccc(C)c(S(=O)(=O)[C@@H](CNS(C)(=O)=O)c2cccs2)c1. The first-order valence-electron chi connectivity index (χ1n) is 6.90. The molecule has 2 rings (SSSR count). The molecule has 0 radical (unpaired) electrons. The Morgan fingerprint density at radius 3 is 2.39 bits per heavy atom. The minimum Gasteiger partial charge on any atom is -0.223 e. The fourth-order valence-corrected chi connectivity index (χ4v) is 5.92. The molecule has 1 aromatic heterocycles. The fourth-order valence-electron chi connectivity index (χ4n) is 2.23. The lowest BCUT2D eigenvalue weighted by molar-refractivity contribution is 0.572. The van der Waals surface area contributed by atoms with E-state index in [4.69, 9.17) is 0 Å². The van der Waals surface area contributed by atoms with Gasteiger partial charge in [0.15, 0.2) is 9.84 Å². The number of hydrogen-bond donors (Lipinski definition) is 1. The average molecular weight is 374 g/mol. The van der Waals surface area contributed by atoms with Crippen LogP contribution in [0.1, 0.15) is 21.3 Å². The van der Waals surface area contributed by atoms with Crippen LogP contribution in [-0.2, 0) is 19.9 Å². The molecule has 0 saturated carbocycles. The van der Waals surface area contributed by atoms with Gasteiger partial charge in [-0.25, -0.2) is 21.6 Å². The molecule has 126 valence electrons. The Morgan fingerprint density at radius 1 is 1.13 bits per heavy atom. The minimum atomic E-state index is -3.72. The molecule has 0 fully saturated rings. The number of benzene rings is 1. The van der Waals surface area contributed by atoms with Crippen LogP contribution in [0.5, 0.6) is 0 Å². The Morgan fingerprint density at radius 2 is 1.83 bits per heavy atom. The van der Waals surface area contributed by atoms with Gasteiger partial charge in [-0.15, -0.1) is 11.3 Å². The van der Waals surface area contributed by atoms with E-state index in [-0.39, 0.29) is 11.4 Å². The number of hydrogen-bond acceptors (Lipinski definition) is 5. The van der Waals surface area contributed by atoms with Crippen LogP contribution < -0.4 is 4.72 Å². The van der Waals surface area contributed by atoms with Gasteiger partial charge in [-0.05, 0) is 42.5 Å². The highest BCUT2D eigenvalue weighted by Crippen LogP contribution is 2.33. The minimum absolute atomic E-state index is 0.185. The van der Waals surface area contributed by atoms with Gasteiger partial charge in [-0.3, -0.25) is 0 Å². The largest absolute Gasteiger partial charge is 0.223 e. The van der Waals surface area contributed by atoms with E-state index in [2.05, 4.69) is 4.72 Å². The van der Waals surface area contributed by atoms with Crippen LogP contribution >= 0.6 is 11.3 Å². The highest BCUT2D eigenvalue weighted by molar-refractivity contribution is 7.92. The number of rotatable bonds is 6. The van der Waals surface area contributed by atoms with Gasteiger partial charge in [-0.1, -0.05) is 18.2 Å². The van der Waals surface area contributed by atoms with Crippen molar-refractivity contribution in [3.63, 3.8) is 0 Å². The Bertz CT molecular complexity index is 885. The molecule has 0 spiro atoms. The summed E-state index contributed by atoms with van der Waals surface area (Å²) in [5.74, 6) is 0. The van der Waals surface area contributed by atoms with Crippen LogP contribution in [0.2, 0.25) is 0 Å². The molecule has 1 atom stereocenters. The summed E-state index contributed by atoms with van der Waals surface area (Å²) < 4.78 is 51.3. The smallest absolute Gasteiger partial charge is 0.208 e. The molecule has 2 aromatic rings. The third-order valence-electron chi connectivity index (χ3n) is 3.42. The molecule has 0 unspecified atom stereocenters. The lowest BCUT2D eigenvalue weighted by Crippen LogP contribution is -2.31. The zero-order valence-corrected chi connectivity index (χ0v) is 15.6. The van der Waals surface area contributed by atoms with Crippen molar-refractivity contribution < 1.29 is 16.8 Å². The van der Waals surface area contributed by atoms with Gasteiger partial charge < -0.3 is 0 Å². The summed E-state index contributed by atoms with van der Waals surface area (Å²) in [7, 11) is -7.20. The molecule has 0 aliphatic rings. The molecule has 1 N–H and O–H groups in total. The van der Waals surface area contributed by atoms with Crippen LogP contribution in [0.3, 0.4) is 0 Å². The quantitative estimate of drug-likeness (QED) is 0.843. The second-order valence-electron chi connectivity index (χ2n) is 5.44. The van der Waals surface area contributed by atoms with Crippen molar-refractivity contribution in [2.24, 2.45) is 0 Å². The standard InChI is InChI=1S/C15H19NO4S3/c1-11-6-7-12(2)14(9-11)23(19,20)15(10-16-22(3,17)18)13-5-4-8-21-13/h4-9,15-16H,10H2,1-3H3/t15-/m0/s1. The first-order valence-corrected chi connectivity index (χ1v) is 11.2. The monoisotopic (exact) mass is 373 g/mol. The third kappa shape index (κ3) is 4.41. The van der Waals surface area contributed by atoms with Crippen molar-refractivity contribution in [3.8, 4) is 0 Å². The summed E-state index contributed by atoms with van der Waals surface area (Å²) in [4.78, 5) is 0.855. The van der Waals surface area contributed by atoms with Gasteiger partial charge in [0.1, 0.15) is 5.25 Å². The number of sulfone groups is 1. The predicted octanol–water partition coefficient (Wildman–Crippen LogP) is 2.43. The molecular weight excluding hydrogens is 354 g/mol. The van der Waals surface area contributed by atoms with E-state index in [9.17, 15) is 16.8 Å². The highest BCUT2D eigenvalue weighted by atomic mass is 32.2. The molecule has 1 aromatic carbocycles. The van der Waals surface area contributed by atoms with Gasteiger partial charge in [0.2, 0.25) is 10.0 Å². The molecule has 0 aliphatic heterocycles. The first kappa shape index (κ1) is 18.1. The van der Waals surface area contributed by atoms with Crippen LogP contribution in [0.4, 0.5) is 0 Å². The maximum atomic E-state index is 13.1. The molecule has 5 nitrogen and oxygen atoms in total. The van der Waals surface area contributed by atoms with E-state index in [1.54, 1.807) is 36.6 Å². The topological polar surface area (TPSA) is 80.3 Å². The number of aryl methyl sites for hydroxylation is 2. The molecule has 0 bridgehead atoms. The van der Waals surface area contributed by atoms with Crippen molar-refractivity contribution in [3.05, 3.63) is 51.7 Å². The lowest BCUT2D eigenvalue weighted by Gasteiger charge is -2.18. The molecule has 0 amide bonds. The van der Waals surface area contributed by atoms with Crippen molar-refractivity contribution in [1.82, 2.24) is 4.72 Å². The average Bonchev–Trinajstić information content (AvgIpc) is 2.94. The van der Waals surface area contributed by atoms with E-state index in [0.717, 1.165) is 11.8 Å². The summed E-state index contributed by atoms with van der Waals surface area (Å²) in [6, 6.07) is 8.71. The summed E-state index contributed by atoms with van der Waals surface area (Å²) in [5.41, 5.74) is 1.49. The fraction of sp³-hybridized carbons (Fsp3) is 0.333. The van der Waals surface area contributed by atoms with E-state index in [1.165, 1.54) is 11.3 Å². The molecule has 1 heterocycles. The Hall–Kier alpha value is -1.22. The Balaban J connectivity index is 2.51. The predicted molar refractivity (Wildman–Crippen MR) is 93.0 cm³/mol. The lowest BCUT2D eigenvalue weighted by atomic mass is 10.2. The summed E-state index contributed by atoms with van der Waals surface area (Å²) in [6.45, 7) is 3.38. The second-order valence-corrected chi connectivity index (χ2v) is 10.3. The Labute approximate surface area is 141 Å². The molecule has 0 aliphatic carbocycles. The Kier molecular flexibility index (Phi) is 5.30. The zero-order chi connectivity index (χ0) is 17.3. The van der Waals surface area contributed by atoms with Crippen molar-refractivity contribution >= 4 is 31.2 Å². The summed E-state index contributed by atoms with van der Waals surface area (Å²) >= 11 is 1.30. The second kappa shape index (κ2) is 6.72. The summed E-state index contributed by atoms with van der Waals surface area (Å²) in [5, 5.41) is 0.833. The van der Waals surface area contributed by atoms with E-state index in [1.807, 2.05) is 13.0 Å². The van der Waals surface area contributed by atoms with Crippen molar-refractivity contribution in [2.45, 2.75) is 24.0 Å². The van der Waals surface area contributed by atoms with Crippen molar-refractivity contribution in [1.29, 1.82) is 0 Å². The first-order chi connectivity index (χ1) is 10.6. The third-order valence-corrected chi connectivity index (χ3v) is 7.47. The maximum Gasteiger partial charge on any atom is 0.208 e. The highest BCUT2D eigenvalue weighted by Gasteiger charge is 2.31. The van der Waals surface area contributed by atoms with Gasteiger partial charge in [0.25, 0.3) is 0 Å². The molecule has 8 heteroatoms. The van der Waals surface area contributed by atoms with Gasteiger partial charge in [0.05, 0.1) is 11.2 Å². The number of sulfonamides is 1. The summed E-state index contributed by atoms with van der Waals surface area (Å²) in [6.07, 6.45) is 1.02. The van der Waals surface area contributed by atoms with Crippen LogP contribution in [0, 0.1) is 13.8 Å². The number of thiophene rings is 1. The molecule has 0 saturated heterocycles. The zero-order valence-electron chi connectivity index (χ0n) is 13.1. The molecule has 23 heavy (non-hydrogen) atoms. The van der Waals surface area contributed by atoms with E-state index >= 15 is 0 Å². The van der Waals surface area contributed by atoms with Crippen LogP contribution in [-0.4, -0.2) is 29.6 Å². The maximum absolute atomic E-state index is 13.1. The van der Waals surface area contributed by atoms with Gasteiger partial charge in [-0.2, -0.15) is 0 Å². The molecular formula is C15H19NO4S3. The number of nitrogens with one attached hydrogen (secondary N) is 1. The van der Waals surface area contributed by atoms with Crippen LogP contribution in [0.25, 0.3) is 0 Å². The van der Waals surface area contributed by atoms with Crippen LogP contribution in [0.15, 0.2) is 40.6 Å². The van der Waals surface area contributed by atoms with E-state index in [0.29, 0.717) is 10.4 Å².